The molecule has 2 heterocycles. The average Bonchev–Trinajstić information content (AvgIpc) is 3.19. The molecule has 1 aromatic heterocycles. The molecule has 2 aliphatic rings. The number of benzene rings is 1. The third kappa shape index (κ3) is 3.63. The number of hydrogen-bond acceptors (Lipinski definition) is 8. The molecule has 0 radical (unpaired) electrons. The van der Waals surface area contributed by atoms with E-state index in [1.807, 2.05) is 0 Å². The van der Waals surface area contributed by atoms with Gasteiger partial charge in [-0.15, -0.1) is 0 Å². The number of rotatable bonds is 5. The van der Waals surface area contributed by atoms with Crippen LogP contribution in [0.2, 0.25) is 0 Å². The second-order valence-corrected chi connectivity index (χ2v) is 9.00. The fourth-order valence-corrected chi connectivity index (χ4v) is 5.66. The van der Waals surface area contributed by atoms with Gasteiger partial charge in [-0.05, 0) is 38.8 Å². The van der Waals surface area contributed by atoms with Crippen LogP contribution in [0.15, 0.2) is 21.3 Å². The fourth-order valence-electron chi connectivity index (χ4n) is 5.28. The van der Waals surface area contributed by atoms with Crippen molar-refractivity contribution < 1.29 is 33.1 Å². The van der Waals surface area contributed by atoms with E-state index in [4.69, 9.17) is 23.2 Å². The Labute approximate surface area is 188 Å². The van der Waals surface area contributed by atoms with Crippen molar-refractivity contribution in [2.45, 2.75) is 70.6 Å². The average molecular weight is 464 g/mol. The number of Topliss-reactive ketones (excluding diaryl/α,β-unsaturated/α-hetero) is 1. The van der Waals surface area contributed by atoms with E-state index in [1.165, 1.54) is 6.92 Å². The van der Waals surface area contributed by atoms with E-state index in [2.05, 4.69) is 16.4 Å². The molecule has 0 amide bonds. The highest BCUT2D eigenvalue weighted by Gasteiger charge is 2.55. The first kappa shape index (κ1) is 23.2. The van der Waals surface area contributed by atoms with Crippen LogP contribution >= 0.6 is 9.47 Å². The maximum atomic E-state index is 12.3. The first-order chi connectivity index (χ1) is 15.2. The molecule has 1 aliphatic carbocycles. The van der Waals surface area contributed by atoms with E-state index >= 15 is 0 Å². The van der Waals surface area contributed by atoms with Crippen LogP contribution in [0.3, 0.4) is 0 Å². The number of methoxy groups -OCH3 is 1. The minimum atomic E-state index is -0.885. The lowest BCUT2D eigenvalue weighted by Gasteiger charge is -2.50. The highest BCUT2D eigenvalue weighted by molar-refractivity contribution is 7.09. The molecule has 1 saturated carbocycles. The zero-order valence-electron chi connectivity index (χ0n) is 18.7. The number of aromatic hydroxyl groups is 1. The van der Waals surface area contributed by atoms with Gasteiger partial charge in [-0.2, -0.15) is 0 Å². The Hall–Kier alpha value is -1.99. The van der Waals surface area contributed by atoms with Gasteiger partial charge in [0.2, 0.25) is 6.29 Å². The van der Waals surface area contributed by atoms with Crippen LogP contribution in [0.1, 0.15) is 55.5 Å². The van der Waals surface area contributed by atoms with Crippen LogP contribution in [0.25, 0.3) is 11.0 Å². The molecule has 174 valence electrons. The summed E-state index contributed by atoms with van der Waals surface area (Å²) in [5.41, 5.74) is -1.01. The summed E-state index contributed by atoms with van der Waals surface area (Å²) in [4.78, 5) is 24.0. The Kier molecular flexibility index (Phi) is 6.34. The van der Waals surface area contributed by atoms with Crippen molar-refractivity contribution in [1.29, 1.82) is 0 Å². The molecule has 1 saturated heterocycles. The molecule has 32 heavy (non-hydrogen) atoms. The van der Waals surface area contributed by atoms with Crippen molar-refractivity contribution in [3.8, 4) is 11.5 Å². The SMILES string of the molecule is COC1[C@@H](C)C(OP)C(Oc2ccc3c(O)c(C(C)=O)c(=O)oc3c2C)OC12CCCC2. The maximum absolute atomic E-state index is 12.3. The topological polar surface area (TPSA) is 104 Å². The number of carbonyl (C=O) groups excluding carboxylic acids is 1. The highest BCUT2D eigenvalue weighted by atomic mass is 31.0. The summed E-state index contributed by atoms with van der Waals surface area (Å²) in [5, 5.41) is 10.7. The Morgan fingerprint density at radius 1 is 1.28 bits per heavy atom. The van der Waals surface area contributed by atoms with E-state index in [0.717, 1.165) is 25.7 Å². The Morgan fingerprint density at radius 3 is 2.56 bits per heavy atom. The fraction of sp³-hybridized carbons (Fsp3) is 0.565. The summed E-state index contributed by atoms with van der Waals surface area (Å²) >= 11 is 0. The number of ether oxygens (including phenoxy) is 3. The number of ketones is 1. The minimum Gasteiger partial charge on any atom is -0.506 e. The molecular formula is C23H29O8P. The minimum absolute atomic E-state index is 0.00946. The molecule has 8 nitrogen and oxygen atoms in total. The second-order valence-electron chi connectivity index (χ2n) is 8.73. The molecule has 9 heteroatoms. The summed E-state index contributed by atoms with van der Waals surface area (Å²) in [6.07, 6.45) is 2.65. The molecule has 1 N–H and O–H groups in total. The van der Waals surface area contributed by atoms with Gasteiger partial charge in [-0.1, -0.05) is 19.8 Å². The zero-order chi connectivity index (χ0) is 23.2. The van der Waals surface area contributed by atoms with Crippen LogP contribution in [-0.4, -0.2) is 42.1 Å². The van der Waals surface area contributed by atoms with Crippen LogP contribution in [0.5, 0.6) is 11.5 Å². The number of fused-ring (bicyclic) bond motifs is 1. The van der Waals surface area contributed by atoms with Gasteiger partial charge in [0.15, 0.2) is 5.78 Å². The Bertz CT molecular complexity index is 1090. The second kappa shape index (κ2) is 8.75. The summed E-state index contributed by atoms with van der Waals surface area (Å²) in [6, 6.07) is 3.23. The largest absolute Gasteiger partial charge is 0.506 e. The van der Waals surface area contributed by atoms with Gasteiger partial charge in [-0.3, -0.25) is 4.79 Å². The van der Waals surface area contributed by atoms with E-state index in [1.54, 1.807) is 26.2 Å². The van der Waals surface area contributed by atoms with Gasteiger partial charge < -0.3 is 28.3 Å². The summed E-state index contributed by atoms with van der Waals surface area (Å²) in [6.45, 7) is 4.99. The van der Waals surface area contributed by atoms with Gasteiger partial charge >= 0.3 is 5.63 Å². The standard InChI is InChI=1S/C23H29O8P/c1-11-15(8-7-14-17(25)16(13(3)24)21(26)29-18(11)14)28-22-19(31-32)12(2)20(27-4)23(30-22)9-5-6-10-23/h7-8,12,19-20,22,25H,5-6,9-10,32H2,1-4H3/t12-,19?,20?,22?/m0/s1. The lowest BCUT2D eigenvalue weighted by atomic mass is 9.80. The zero-order valence-corrected chi connectivity index (χ0v) is 19.8. The third-order valence-electron chi connectivity index (χ3n) is 6.84. The van der Waals surface area contributed by atoms with Crippen molar-refractivity contribution in [2.75, 3.05) is 7.11 Å². The van der Waals surface area contributed by atoms with Crippen molar-refractivity contribution in [3.05, 3.63) is 33.7 Å². The lowest BCUT2D eigenvalue weighted by molar-refractivity contribution is -0.293. The van der Waals surface area contributed by atoms with E-state index < -0.39 is 29.4 Å². The molecular weight excluding hydrogens is 435 g/mol. The molecule has 0 bridgehead atoms. The smallest absolute Gasteiger partial charge is 0.351 e. The van der Waals surface area contributed by atoms with Crippen molar-refractivity contribution in [2.24, 2.45) is 5.92 Å². The van der Waals surface area contributed by atoms with Gasteiger partial charge in [-0.25, -0.2) is 4.79 Å². The molecule has 1 spiro atoms. The molecule has 5 atom stereocenters. The molecule has 2 aromatic rings. The van der Waals surface area contributed by atoms with Crippen molar-refractivity contribution in [1.82, 2.24) is 0 Å². The number of carbonyl (C=O) groups is 1. The normalized spacial score (nSPS) is 27.2. The number of aryl methyl sites for hydroxylation is 1. The third-order valence-corrected chi connectivity index (χ3v) is 7.15. The molecule has 4 rings (SSSR count). The molecule has 2 fully saturated rings. The predicted octanol–water partition coefficient (Wildman–Crippen LogP) is 3.88. The Balaban J connectivity index is 1.73. The summed E-state index contributed by atoms with van der Waals surface area (Å²) in [5.74, 6) is -0.505. The molecule has 4 unspecified atom stereocenters. The summed E-state index contributed by atoms with van der Waals surface area (Å²) < 4.78 is 29.7. The monoisotopic (exact) mass is 464 g/mol. The quantitative estimate of drug-likeness (QED) is 0.404. The summed E-state index contributed by atoms with van der Waals surface area (Å²) in [7, 11) is 3.98. The van der Waals surface area contributed by atoms with Gasteiger partial charge in [0.25, 0.3) is 0 Å². The van der Waals surface area contributed by atoms with Crippen molar-refractivity contribution >= 4 is 26.2 Å². The van der Waals surface area contributed by atoms with E-state index in [0.29, 0.717) is 11.3 Å². The lowest BCUT2D eigenvalue weighted by Crippen LogP contribution is -2.62. The molecule has 1 aromatic carbocycles. The van der Waals surface area contributed by atoms with Crippen LogP contribution in [-0.2, 0) is 14.0 Å². The highest BCUT2D eigenvalue weighted by Crippen LogP contribution is 2.47. The van der Waals surface area contributed by atoms with Gasteiger partial charge in [0.05, 0.1) is 17.1 Å². The maximum Gasteiger partial charge on any atom is 0.351 e. The van der Waals surface area contributed by atoms with Crippen LogP contribution in [0, 0.1) is 12.8 Å². The van der Waals surface area contributed by atoms with E-state index in [-0.39, 0.29) is 34.3 Å². The predicted molar refractivity (Wildman–Crippen MR) is 120 cm³/mol. The van der Waals surface area contributed by atoms with Crippen LogP contribution in [0.4, 0.5) is 0 Å². The first-order valence-electron chi connectivity index (χ1n) is 10.8. The van der Waals surface area contributed by atoms with Crippen LogP contribution < -0.4 is 10.4 Å². The Morgan fingerprint density at radius 2 is 1.97 bits per heavy atom. The van der Waals surface area contributed by atoms with E-state index in [9.17, 15) is 14.7 Å². The number of hydrogen-bond donors (Lipinski definition) is 1. The van der Waals surface area contributed by atoms with Gasteiger partial charge in [0.1, 0.15) is 28.7 Å². The first-order valence-corrected chi connectivity index (χ1v) is 11.2. The molecule has 1 aliphatic heterocycles. The van der Waals surface area contributed by atoms with Crippen molar-refractivity contribution in [3.63, 3.8) is 0 Å². The van der Waals surface area contributed by atoms with Gasteiger partial charge in [0, 0.05) is 28.1 Å².